The van der Waals surface area contributed by atoms with Crippen LogP contribution in [0.2, 0.25) is 0 Å². The first-order valence-electron chi connectivity index (χ1n) is 3.27. The quantitative estimate of drug-likeness (QED) is 0.454. The Bertz CT molecular complexity index is 83.1. The minimum absolute atomic E-state index is 0.191. The number of aliphatic hydroxyl groups excluding tert-OH is 2. The van der Waals surface area contributed by atoms with Crippen LogP contribution in [-0.2, 0) is 4.74 Å². The molecule has 4 nitrogen and oxygen atoms in total. The van der Waals surface area contributed by atoms with E-state index in [4.69, 9.17) is 20.7 Å². The molecule has 0 bridgehead atoms. The first kappa shape index (κ1) is 9.84. The van der Waals surface area contributed by atoms with E-state index >= 15 is 0 Å². The van der Waals surface area contributed by atoms with E-state index in [1.807, 2.05) is 6.92 Å². The van der Waals surface area contributed by atoms with E-state index in [0.717, 1.165) is 0 Å². The van der Waals surface area contributed by atoms with Crippen molar-refractivity contribution >= 4 is 0 Å². The average molecular weight is 149 g/mol. The Balaban J connectivity index is 3.58. The van der Waals surface area contributed by atoms with Crippen LogP contribution in [0.25, 0.3) is 0 Å². The highest BCUT2D eigenvalue weighted by molar-refractivity contribution is 4.81. The summed E-state index contributed by atoms with van der Waals surface area (Å²) in [4.78, 5) is 0. The van der Waals surface area contributed by atoms with E-state index in [9.17, 15) is 0 Å². The van der Waals surface area contributed by atoms with Crippen molar-refractivity contribution in [3.05, 3.63) is 0 Å². The molecule has 10 heavy (non-hydrogen) atoms. The summed E-state index contributed by atoms with van der Waals surface area (Å²) in [6.07, 6.45) is 0. The van der Waals surface area contributed by atoms with Gasteiger partial charge in [0.1, 0.15) is 0 Å². The molecule has 0 aromatic heterocycles. The molecule has 0 aromatic rings. The third-order valence-electron chi connectivity index (χ3n) is 1.22. The predicted octanol–water partition coefficient (Wildman–Crippen LogP) is -1.29. The fourth-order valence-electron chi connectivity index (χ4n) is 0.447. The second-order valence-corrected chi connectivity index (χ2v) is 2.32. The van der Waals surface area contributed by atoms with E-state index in [1.54, 1.807) is 0 Å². The zero-order valence-electron chi connectivity index (χ0n) is 6.21. The molecule has 0 aliphatic rings. The van der Waals surface area contributed by atoms with Crippen molar-refractivity contribution < 1.29 is 14.9 Å². The van der Waals surface area contributed by atoms with Crippen molar-refractivity contribution in [3.63, 3.8) is 0 Å². The van der Waals surface area contributed by atoms with Crippen LogP contribution in [0.3, 0.4) is 0 Å². The van der Waals surface area contributed by atoms with Gasteiger partial charge in [-0.05, 0) is 6.92 Å². The van der Waals surface area contributed by atoms with Crippen LogP contribution in [0.1, 0.15) is 6.92 Å². The number of hydrogen-bond donors (Lipinski definition) is 3. The highest BCUT2D eigenvalue weighted by Crippen LogP contribution is 1.97. The topological polar surface area (TPSA) is 75.7 Å². The Hall–Kier alpha value is -0.160. The van der Waals surface area contributed by atoms with Gasteiger partial charge in [0.25, 0.3) is 0 Å². The van der Waals surface area contributed by atoms with Gasteiger partial charge in [0.05, 0.1) is 25.4 Å². The molecule has 0 spiro atoms. The Morgan fingerprint density at radius 2 is 1.90 bits per heavy atom. The van der Waals surface area contributed by atoms with Crippen LogP contribution in [0.4, 0.5) is 0 Å². The zero-order chi connectivity index (χ0) is 8.04. The standard InChI is InChI=1S/C6H15NO3/c1-2-10-5-6(7,3-8)4-9/h8-9H,2-5,7H2,1H3. The van der Waals surface area contributed by atoms with Gasteiger partial charge in [-0.2, -0.15) is 0 Å². The summed E-state index contributed by atoms with van der Waals surface area (Å²) < 4.78 is 4.94. The Morgan fingerprint density at radius 1 is 1.40 bits per heavy atom. The smallest absolute Gasteiger partial charge is 0.0859 e. The molecule has 0 radical (unpaired) electrons. The van der Waals surface area contributed by atoms with Gasteiger partial charge in [0.2, 0.25) is 0 Å². The summed E-state index contributed by atoms with van der Waals surface area (Å²) in [5.74, 6) is 0. The lowest BCUT2D eigenvalue weighted by Crippen LogP contribution is -2.51. The monoisotopic (exact) mass is 149 g/mol. The van der Waals surface area contributed by atoms with E-state index < -0.39 is 5.54 Å². The fraction of sp³-hybridized carbons (Fsp3) is 1.00. The molecule has 0 fully saturated rings. The van der Waals surface area contributed by atoms with E-state index in [0.29, 0.717) is 6.61 Å². The molecular weight excluding hydrogens is 134 g/mol. The van der Waals surface area contributed by atoms with Gasteiger partial charge >= 0.3 is 0 Å². The van der Waals surface area contributed by atoms with Crippen molar-refractivity contribution in [2.45, 2.75) is 12.5 Å². The Kier molecular flexibility index (Phi) is 4.55. The van der Waals surface area contributed by atoms with Crippen LogP contribution >= 0.6 is 0 Å². The van der Waals surface area contributed by atoms with Gasteiger partial charge in [0.15, 0.2) is 0 Å². The minimum atomic E-state index is -0.976. The first-order valence-corrected chi connectivity index (χ1v) is 3.27. The fourth-order valence-corrected chi connectivity index (χ4v) is 0.447. The molecule has 62 valence electrons. The van der Waals surface area contributed by atoms with Crippen molar-refractivity contribution in [2.75, 3.05) is 26.4 Å². The number of ether oxygens (including phenoxy) is 1. The summed E-state index contributed by atoms with van der Waals surface area (Å²) in [7, 11) is 0. The zero-order valence-corrected chi connectivity index (χ0v) is 6.21. The number of hydrogen-bond acceptors (Lipinski definition) is 4. The molecule has 0 saturated carbocycles. The number of aliphatic hydroxyl groups is 2. The van der Waals surface area contributed by atoms with Crippen LogP contribution in [0.5, 0.6) is 0 Å². The molecule has 0 amide bonds. The van der Waals surface area contributed by atoms with Gasteiger partial charge in [-0.3, -0.25) is 0 Å². The van der Waals surface area contributed by atoms with Crippen molar-refractivity contribution in [1.29, 1.82) is 0 Å². The molecule has 4 heteroatoms. The molecule has 4 N–H and O–H groups in total. The van der Waals surface area contributed by atoms with E-state index in [-0.39, 0.29) is 19.8 Å². The highest BCUT2D eigenvalue weighted by atomic mass is 16.5. The number of rotatable bonds is 5. The minimum Gasteiger partial charge on any atom is -0.394 e. The lowest BCUT2D eigenvalue weighted by molar-refractivity contribution is 0.0300. The summed E-state index contributed by atoms with van der Waals surface area (Å²) >= 11 is 0. The van der Waals surface area contributed by atoms with Gasteiger partial charge < -0.3 is 20.7 Å². The largest absolute Gasteiger partial charge is 0.394 e. The van der Waals surface area contributed by atoms with Gasteiger partial charge in [0, 0.05) is 6.61 Å². The van der Waals surface area contributed by atoms with E-state index in [2.05, 4.69) is 0 Å². The predicted molar refractivity (Wildman–Crippen MR) is 37.6 cm³/mol. The molecule has 0 atom stereocenters. The molecule has 0 aliphatic carbocycles. The van der Waals surface area contributed by atoms with Gasteiger partial charge in [-0.15, -0.1) is 0 Å². The summed E-state index contributed by atoms with van der Waals surface area (Å²) in [5, 5.41) is 17.3. The maximum absolute atomic E-state index is 8.65. The first-order chi connectivity index (χ1) is 4.68. The van der Waals surface area contributed by atoms with Crippen LogP contribution in [0.15, 0.2) is 0 Å². The number of nitrogens with two attached hydrogens (primary N) is 1. The normalized spacial score (nSPS) is 12.0. The summed E-state index contributed by atoms with van der Waals surface area (Å²) in [6.45, 7) is 2.04. The Labute approximate surface area is 60.6 Å². The second-order valence-electron chi connectivity index (χ2n) is 2.32. The SMILES string of the molecule is CCOCC(N)(CO)CO. The van der Waals surface area contributed by atoms with Crippen LogP contribution in [0, 0.1) is 0 Å². The third kappa shape index (κ3) is 3.12. The molecular formula is C6H15NO3. The molecule has 0 aliphatic heterocycles. The van der Waals surface area contributed by atoms with Crippen LogP contribution in [-0.4, -0.2) is 42.2 Å². The summed E-state index contributed by atoms with van der Waals surface area (Å²) in [5.41, 5.74) is 4.48. The third-order valence-corrected chi connectivity index (χ3v) is 1.22. The maximum Gasteiger partial charge on any atom is 0.0859 e. The molecule has 0 aromatic carbocycles. The van der Waals surface area contributed by atoms with Crippen molar-refractivity contribution in [2.24, 2.45) is 5.73 Å². The second kappa shape index (κ2) is 4.62. The maximum atomic E-state index is 8.65. The van der Waals surface area contributed by atoms with Gasteiger partial charge in [-0.25, -0.2) is 0 Å². The highest BCUT2D eigenvalue weighted by Gasteiger charge is 2.22. The van der Waals surface area contributed by atoms with Crippen molar-refractivity contribution in [3.8, 4) is 0 Å². The van der Waals surface area contributed by atoms with Crippen molar-refractivity contribution in [1.82, 2.24) is 0 Å². The average Bonchev–Trinajstić information content (AvgIpc) is 2.00. The van der Waals surface area contributed by atoms with Gasteiger partial charge in [-0.1, -0.05) is 0 Å². The van der Waals surface area contributed by atoms with Crippen LogP contribution < -0.4 is 5.73 Å². The molecule has 0 rings (SSSR count). The molecule has 0 unspecified atom stereocenters. The summed E-state index contributed by atoms with van der Waals surface area (Å²) in [6, 6.07) is 0. The molecule has 0 heterocycles. The lowest BCUT2D eigenvalue weighted by Gasteiger charge is -2.23. The molecule has 0 saturated heterocycles. The van der Waals surface area contributed by atoms with E-state index in [1.165, 1.54) is 0 Å². The Morgan fingerprint density at radius 3 is 2.20 bits per heavy atom. The lowest BCUT2D eigenvalue weighted by atomic mass is 10.1.